The lowest BCUT2D eigenvalue weighted by Crippen LogP contribution is -2.35. The minimum Gasteiger partial charge on any atom is -0.506 e. The van der Waals surface area contributed by atoms with Crippen molar-refractivity contribution in [1.29, 1.82) is 0 Å². The van der Waals surface area contributed by atoms with E-state index in [2.05, 4.69) is 37.2 Å². The second-order valence-corrected chi connectivity index (χ2v) is 7.78. The number of aromatic hydroxyl groups is 1. The molecule has 0 heterocycles. The fourth-order valence-electron chi connectivity index (χ4n) is 2.53. The number of methoxy groups -OCH3 is 1. The van der Waals surface area contributed by atoms with Crippen molar-refractivity contribution >= 4 is 49.8 Å². The predicted molar refractivity (Wildman–Crippen MR) is 117 cm³/mol. The number of carbonyl (C=O) groups excluding carboxylic acids is 3. The maximum absolute atomic E-state index is 12.4. The van der Waals surface area contributed by atoms with E-state index in [0.717, 1.165) is 6.08 Å². The summed E-state index contributed by atoms with van der Waals surface area (Å²) in [7, 11) is 1.29. The van der Waals surface area contributed by atoms with Gasteiger partial charge in [-0.1, -0.05) is 34.1 Å². The Hall–Kier alpha value is -2.73. The van der Waals surface area contributed by atoms with E-state index in [1.807, 2.05) is 0 Å². The van der Waals surface area contributed by atoms with Gasteiger partial charge in [-0.15, -0.1) is 0 Å². The number of imide groups is 1. The Bertz CT molecular complexity index is 983. The number of nitrogens with one attached hydrogen (secondary N) is 2. The van der Waals surface area contributed by atoms with Crippen LogP contribution in [0.25, 0.3) is 0 Å². The van der Waals surface area contributed by atoms with Crippen LogP contribution in [0.4, 0.5) is 4.79 Å². The maximum Gasteiger partial charge on any atom is 0.414 e. The van der Waals surface area contributed by atoms with Gasteiger partial charge in [-0.05, 0) is 46.3 Å². The first kappa shape index (κ1) is 24.5. The number of alkyl carbamates (subject to hydrolysis) is 1. The highest BCUT2D eigenvalue weighted by atomic mass is 79.9. The van der Waals surface area contributed by atoms with Gasteiger partial charge in [-0.25, -0.2) is 10.3 Å². The lowest BCUT2D eigenvalue weighted by atomic mass is 10.0. The zero-order valence-electron chi connectivity index (χ0n) is 16.0. The van der Waals surface area contributed by atoms with Crippen molar-refractivity contribution in [2.75, 3.05) is 7.11 Å². The summed E-state index contributed by atoms with van der Waals surface area (Å²) >= 11 is 6.49. The minimum atomic E-state index is -1.27. The minimum absolute atomic E-state index is 0.129. The fourth-order valence-corrected chi connectivity index (χ4v) is 3.79. The molecule has 0 spiro atoms. The van der Waals surface area contributed by atoms with Crippen LogP contribution in [0.3, 0.4) is 0 Å². The lowest BCUT2D eigenvalue weighted by Gasteiger charge is -2.25. The molecule has 164 valence electrons. The van der Waals surface area contributed by atoms with Crippen LogP contribution in [0.2, 0.25) is 0 Å². The predicted octanol–water partition coefficient (Wildman–Crippen LogP) is 3.60. The first-order chi connectivity index (χ1) is 14.8. The summed E-state index contributed by atoms with van der Waals surface area (Å²) in [6, 6.07) is 11.1. The number of phenolic OH excluding ortho intramolecular Hbond substituents is 1. The second-order valence-electron chi connectivity index (χ2n) is 6.01. The molecule has 0 unspecified atom stereocenters. The molecule has 2 rings (SSSR count). The first-order valence-corrected chi connectivity index (χ1v) is 10.3. The third kappa shape index (κ3) is 6.89. The number of halogens is 2. The SMILES string of the molecule is CO[C@@H](/C=C/C(=O)NO)[C@@H](OC(=O)NC(=O)c1ccccc1)c1cc(Br)cc(Br)c1O. The Morgan fingerprint density at radius 3 is 2.42 bits per heavy atom. The summed E-state index contributed by atoms with van der Waals surface area (Å²) < 4.78 is 11.6. The molecule has 31 heavy (non-hydrogen) atoms. The Morgan fingerprint density at radius 2 is 1.81 bits per heavy atom. The van der Waals surface area contributed by atoms with E-state index in [-0.39, 0.29) is 16.9 Å². The van der Waals surface area contributed by atoms with E-state index in [9.17, 15) is 19.5 Å². The average molecular weight is 558 g/mol. The summed E-state index contributed by atoms with van der Waals surface area (Å²) in [5, 5.41) is 21.3. The number of benzene rings is 2. The summed E-state index contributed by atoms with van der Waals surface area (Å²) in [5.41, 5.74) is 1.80. The van der Waals surface area contributed by atoms with Crippen molar-refractivity contribution in [3.8, 4) is 5.75 Å². The monoisotopic (exact) mass is 556 g/mol. The molecule has 2 atom stereocenters. The first-order valence-electron chi connectivity index (χ1n) is 8.66. The molecule has 2 aromatic carbocycles. The molecule has 3 amide bonds. The highest BCUT2D eigenvalue weighted by Crippen LogP contribution is 2.38. The molecule has 0 fully saturated rings. The van der Waals surface area contributed by atoms with Crippen molar-refractivity contribution in [2.45, 2.75) is 12.2 Å². The molecular formula is C20H18Br2N2O7. The van der Waals surface area contributed by atoms with E-state index >= 15 is 0 Å². The number of carbonyl (C=O) groups is 3. The van der Waals surface area contributed by atoms with Crippen LogP contribution in [-0.4, -0.2) is 41.4 Å². The van der Waals surface area contributed by atoms with E-state index < -0.39 is 30.1 Å². The molecule has 0 bridgehead atoms. The van der Waals surface area contributed by atoms with Gasteiger partial charge in [0, 0.05) is 28.8 Å². The number of rotatable bonds is 7. The van der Waals surface area contributed by atoms with Crippen LogP contribution >= 0.6 is 31.9 Å². The van der Waals surface area contributed by atoms with Gasteiger partial charge in [0.1, 0.15) is 11.9 Å². The molecule has 0 aliphatic carbocycles. The number of hydroxylamine groups is 1. The molecule has 0 aromatic heterocycles. The number of amides is 3. The number of phenols is 1. The third-order valence-corrected chi connectivity index (χ3v) is 5.03. The summed E-state index contributed by atoms with van der Waals surface area (Å²) in [6.07, 6.45) is -1.26. The number of ether oxygens (including phenoxy) is 2. The Balaban J connectivity index is 2.35. The quantitative estimate of drug-likeness (QED) is 0.232. The van der Waals surface area contributed by atoms with Crippen molar-refractivity contribution in [1.82, 2.24) is 10.8 Å². The van der Waals surface area contributed by atoms with Crippen molar-refractivity contribution in [3.05, 3.63) is 74.7 Å². The Kier molecular flexibility index (Phi) is 9.19. The van der Waals surface area contributed by atoms with E-state index in [1.165, 1.54) is 36.9 Å². The molecule has 2 aromatic rings. The van der Waals surface area contributed by atoms with Gasteiger partial charge >= 0.3 is 6.09 Å². The van der Waals surface area contributed by atoms with Gasteiger partial charge in [-0.2, -0.15) is 0 Å². The molecule has 11 heteroatoms. The maximum atomic E-state index is 12.4. The Labute approximate surface area is 194 Å². The lowest BCUT2D eigenvalue weighted by molar-refractivity contribution is -0.124. The second kappa shape index (κ2) is 11.6. The standard InChI is InChI=1S/C20H18Br2N2O7/c1-30-15(7-8-16(25)24-29)18(13-9-12(21)10-14(22)17(13)26)31-20(28)23-19(27)11-5-3-2-4-6-11/h2-10,15,18,26,29H,1H3,(H,24,25)(H,23,27,28)/b8-7+/t15-,18-/m0/s1. The van der Waals surface area contributed by atoms with Crippen molar-refractivity contribution in [3.63, 3.8) is 0 Å². The molecule has 9 nitrogen and oxygen atoms in total. The third-order valence-electron chi connectivity index (χ3n) is 3.97. The summed E-state index contributed by atoms with van der Waals surface area (Å²) in [5.74, 6) is -1.77. The largest absolute Gasteiger partial charge is 0.506 e. The van der Waals surface area contributed by atoms with Crippen LogP contribution in [-0.2, 0) is 14.3 Å². The smallest absolute Gasteiger partial charge is 0.414 e. The van der Waals surface area contributed by atoms with Crippen LogP contribution in [0.1, 0.15) is 22.0 Å². The zero-order valence-corrected chi connectivity index (χ0v) is 19.2. The van der Waals surface area contributed by atoms with Crippen molar-refractivity contribution < 1.29 is 34.2 Å². The van der Waals surface area contributed by atoms with Crippen molar-refractivity contribution in [2.24, 2.45) is 0 Å². The van der Waals surface area contributed by atoms with Gasteiger partial charge in [0.15, 0.2) is 6.10 Å². The molecule has 4 N–H and O–H groups in total. The molecular weight excluding hydrogens is 540 g/mol. The van der Waals surface area contributed by atoms with Gasteiger partial charge in [0.2, 0.25) is 0 Å². The highest BCUT2D eigenvalue weighted by molar-refractivity contribution is 9.11. The molecule has 0 aliphatic rings. The average Bonchev–Trinajstić information content (AvgIpc) is 2.76. The van der Waals surface area contributed by atoms with E-state index in [4.69, 9.17) is 14.7 Å². The van der Waals surface area contributed by atoms with Gasteiger partial charge < -0.3 is 14.6 Å². The van der Waals surface area contributed by atoms with Crippen LogP contribution in [0.15, 0.2) is 63.6 Å². The van der Waals surface area contributed by atoms with Crippen LogP contribution < -0.4 is 10.8 Å². The van der Waals surface area contributed by atoms with Crippen LogP contribution in [0.5, 0.6) is 5.75 Å². The normalized spacial score (nSPS) is 12.8. The molecule has 0 saturated heterocycles. The number of hydrogen-bond donors (Lipinski definition) is 4. The van der Waals surface area contributed by atoms with Gasteiger partial charge in [-0.3, -0.25) is 20.1 Å². The fraction of sp³-hybridized carbons (Fsp3) is 0.150. The van der Waals surface area contributed by atoms with Crippen LogP contribution in [0, 0.1) is 0 Å². The molecule has 0 radical (unpaired) electrons. The summed E-state index contributed by atoms with van der Waals surface area (Å²) in [4.78, 5) is 36.0. The van der Waals surface area contributed by atoms with Gasteiger partial charge in [0.05, 0.1) is 4.47 Å². The summed E-state index contributed by atoms with van der Waals surface area (Å²) in [6.45, 7) is 0. The zero-order chi connectivity index (χ0) is 23.0. The van der Waals surface area contributed by atoms with E-state index in [0.29, 0.717) is 8.95 Å². The Morgan fingerprint density at radius 1 is 1.13 bits per heavy atom. The van der Waals surface area contributed by atoms with E-state index in [1.54, 1.807) is 24.3 Å². The van der Waals surface area contributed by atoms with Gasteiger partial charge in [0.25, 0.3) is 11.8 Å². The topological polar surface area (TPSA) is 134 Å². The highest BCUT2D eigenvalue weighted by Gasteiger charge is 2.30. The number of hydrogen-bond acceptors (Lipinski definition) is 7. The molecule has 0 aliphatic heterocycles. The molecule has 0 saturated carbocycles.